The van der Waals surface area contributed by atoms with Crippen molar-refractivity contribution in [3.8, 4) is 0 Å². The Bertz CT molecular complexity index is 669. The molecule has 28 heavy (non-hydrogen) atoms. The molecule has 6 nitrogen and oxygen atoms in total. The van der Waals surface area contributed by atoms with Crippen LogP contribution in [0.1, 0.15) is 75.7 Å². The molecule has 156 valence electrons. The monoisotopic (exact) mass is 389 g/mol. The molecule has 0 bridgehead atoms. The summed E-state index contributed by atoms with van der Waals surface area (Å²) in [6.07, 6.45) is 4.98. The summed E-state index contributed by atoms with van der Waals surface area (Å²) in [6.45, 7) is 9.26. The number of hydrogen-bond acceptors (Lipinski definition) is 4. The molecule has 1 aliphatic heterocycles. The fraction of sp³-hybridized carbons (Fsp3) is 0.636. The van der Waals surface area contributed by atoms with E-state index in [4.69, 9.17) is 10.5 Å². The number of carbonyl (C=O) groups is 2. The van der Waals surface area contributed by atoms with Crippen LogP contribution < -0.4 is 11.1 Å². The Morgan fingerprint density at radius 2 is 2.04 bits per heavy atom. The maximum atomic E-state index is 12.7. The summed E-state index contributed by atoms with van der Waals surface area (Å²) in [4.78, 5) is 25.9. The largest absolute Gasteiger partial charge is 0.444 e. The van der Waals surface area contributed by atoms with Crippen LogP contribution >= 0.6 is 0 Å². The van der Waals surface area contributed by atoms with Gasteiger partial charge in [0.05, 0.1) is 0 Å². The molecular weight excluding hydrogens is 354 g/mol. The summed E-state index contributed by atoms with van der Waals surface area (Å²) in [5, 5.41) is 3.51. The molecule has 3 N–H and O–H groups in total. The minimum Gasteiger partial charge on any atom is -0.444 e. The fourth-order valence-electron chi connectivity index (χ4n) is 3.60. The molecular formula is C22H35N3O3. The quantitative estimate of drug-likeness (QED) is 0.774. The van der Waals surface area contributed by atoms with E-state index in [0.717, 1.165) is 44.2 Å². The number of ether oxygens (including phenoxy) is 1. The molecule has 1 aliphatic rings. The van der Waals surface area contributed by atoms with Gasteiger partial charge in [0.1, 0.15) is 5.60 Å². The number of rotatable bonds is 6. The van der Waals surface area contributed by atoms with E-state index in [1.807, 2.05) is 43.9 Å². The summed E-state index contributed by atoms with van der Waals surface area (Å²) in [7, 11) is 0. The Labute approximate surface area is 168 Å². The zero-order valence-corrected chi connectivity index (χ0v) is 17.7. The predicted octanol–water partition coefficient (Wildman–Crippen LogP) is 3.83. The molecule has 0 saturated carbocycles. The van der Waals surface area contributed by atoms with Gasteiger partial charge in [-0.2, -0.15) is 0 Å². The maximum Gasteiger partial charge on any atom is 0.410 e. The van der Waals surface area contributed by atoms with Gasteiger partial charge < -0.3 is 20.7 Å². The molecule has 0 radical (unpaired) electrons. The van der Waals surface area contributed by atoms with Gasteiger partial charge in [-0.15, -0.1) is 0 Å². The number of carbonyl (C=O) groups excluding carboxylic acids is 2. The molecule has 6 heteroatoms. The number of hydrogen-bond donors (Lipinski definition) is 2. The van der Waals surface area contributed by atoms with E-state index in [2.05, 4.69) is 12.2 Å². The third-order valence-electron chi connectivity index (χ3n) is 5.00. The normalized spacial score (nSPS) is 19.0. The highest BCUT2D eigenvalue weighted by Crippen LogP contribution is 2.23. The summed E-state index contributed by atoms with van der Waals surface area (Å²) in [6, 6.07) is 7.77. The fourth-order valence-corrected chi connectivity index (χ4v) is 3.60. The lowest BCUT2D eigenvalue weighted by molar-refractivity contribution is 0.0150. The van der Waals surface area contributed by atoms with E-state index >= 15 is 0 Å². The molecule has 1 saturated heterocycles. The molecule has 2 rings (SSSR count). The van der Waals surface area contributed by atoms with E-state index in [1.165, 1.54) is 0 Å². The first-order valence-electron chi connectivity index (χ1n) is 10.3. The van der Waals surface area contributed by atoms with E-state index in [0.29, 0.717) is 12.1 Å². The highest BCUT2D eigenvalue weighted by Gasteiger charge is 2.30. The first kappa shape index (κ1) is 22.2. The zero-order chi connectivity index (χ0) is 20.7. The van der Waals surface area contributed by atoms with Crippen LogP contribution in [0.4, 0.5) is 4.79 Å². The minimum absolute atomic E-state index is 0.178. The molecule has 1 heterocycles. The van der Waals surface area contributed by atoms with Gasteiger partial charge >= 0.3 is 6.09 Å². The Hall–Kier alpha value is -2.08. The molecule has 0 spiro atoms. The first-order chi connectivity index (χ1) is 13.2. The van der Waals surface area contributed by atoms with Crippen LogP contribution in [0.5, 0.6) is 0 Å². The summed E-state index contributed by atoms with van der Waals surface area (Å²) >= 11 is 0. The number of benzene rings is 1. The lowest BCUT2D eigenvalue weighted by Gasteiger charge is -2.33. The van der Waals surface area contributed by atoms with Crippen LogP contribution in [-0.4, -0.2) is 41.1 Å². The van der Waals surface area contributed by atoms with E-state index in [1.54, 1.807) is 6.07 Å². The maximum absolute atomic E-state index is 12.7. The second-order valence-electron chi connectivity index (χ2n) is 8.76. The van der Waals surface area contributed by atoms with Gasteiger partial charge in [0.25, 0.3) is 0 Å². The minimum atomic E-state index is -0.483. The first-order valence-corrected chi connectivity index (χ1v) is 10.3. The van der Waals surface area contributed by atoms with Crippen molar-refractivity contribution in [1.29, 1.82) is 0 Å². The van der Waals surface area contributed by atoms with Gasteiger partial charge in [0.15, 0.2) is 0 Å². The van der Waals surface area contributed by atoms with Crippen LogP contribution in [-0.2, 0) is 11.3 Å². The SMILES string of the molecule is C[C@@H](C[C@@H]1CCCCCN1C(=O)OC(C)(C)C)NCc1cccc(C(N)=O)c1. The van der Waals surface area contributed by atoms with Crippen molar-refractivity contribution >= 4 is 12.0 Å². The number of likely N-dealkylation sites (tertiary alicyclic amines) is 1. The molecule has 2 amide bonds. The van der Waals surface area contributed by atoms with Crippen LogP contribution in [0.15, 0.2) is 24.3 Å². The number of nitrogens with one attached hydrogen (secondary N) is 1. The predicted molar refractivity (Wildman–Crippen MR) is 111 cm³/mol. The standard InChI is InChI=1S/C22H35N3O3/c1-16(24-15-17-9-8-10-18(14-17)20(23)26)13-19-11-6-5-7-12-25(19)21(27)28-22(2,3)4/h8-10,14,16,19,24H,5-7,11-13,15H2,1-4H3,(H2,23,26)/t16-,19-/m0/s1. The van der Waals surface area contributed by atoms with E-state index in [-0.39, 0.29) is 18.2 Å². The van der Waals surface area contributed by atoms with Crippen molar-refractivity contribution in [2.45, 2.75) is 84.0 Å². The lowest BCUT2D eigenvalue weighted by atomic mass is 10.0. The molecule has 0 aliphatic carbocycles. The van der Waals surface area contributed by atoms with Crippen molar-refractivity contribution < 1.29 is 14.3 Å². The summed E-state index contributed by atoms with van der Waals surface area (Å²) in [5.41, 5.74) is 6.41. The zero-order valence-electron chi connectivity index (χ0n) is 17.7. The Morgan fingerprint density at radius 1 is 1.29 bits per heavy atom. The van der Waals surface area contributed by atoms with Gasteiger partial charge in [-0.3, -0.25) is 4.79 Å². The smallest absolute Gasteiger partial charge is 0.410 e. The van der Waals surface area contributed by atoms with Crippen LogP contribution in [0.25, 0.3) is 0 Å². The van der Waals surface area contributed by atoms with Crippen molar-refractivity contribution in [3.05, 3.63) is 35.4 Å². The average molecular weight is 390 g/mol. The van der Waals surface area contributed by atoms with Crippen LogP contribution in [0.3, 0.4) is 0 Å². The lowest BCUT2D eigenvalue weighted by Crippen LogP contribution is -2.45. The summed E-state index contributed by atoms with van der Waals surface area (Å²) < 4.78 is 5.63. The van der Waals surface area contributed by atoms with Crippen molar-refractivity contribution in [2.24, 2.45) is 5.73 Å². The molecule has 1 fully saturated rings. The molecule has 1 aromatic rings. The Balaban J connectivity index is 1.95. The van der Waals surface area contributed by atoms with Crippen molar-refractivity contribution in [1.82, 2.24) is 10.2 Å². The highest BCUT2D eigenvalue weighted by molar-refractivity contribution is 5.92. The highest BCUT2D eigenvalue weighted by atomic mass is 16.6. The molecule has 0 unspecified atom stereocenters. The number of nitrogens with two attached hydrogens (primary N) is 1. The average Bonchev–Trinajstić information content (AvgIpc) is 2.84. The van der Waals surface area contributed by atoms with Gasteiger partial charge in [-0.25, -0.2) is 4.79 Å². The third-order valence-corrected chi connectivity index (χ3v) is 5.00. The number of primary amides is 1. The van der Waals surface area contributed by atoms with Gasteiger partial charge in [0.2, 0.25) is 5.91 Å². The van der Waals surface area contributed by atoms with Gasteiger partial charge in [-0.1, -0.05) is 25.0 Å². The summed E-state index contributed by atoms with van der Waals surface area (Å²) in [5.74, 6) is -0.415. The second kappa shape index (κ2) is 9.92. The van der Waals surface area contributed by atoms with Gasteiger partial charge in [-0.05, 0) is 64.7 Å². The van der Waals surface area contributed by atoms with E-state index in [9.17, 15) is 9.59 Å². The van der Waals surface area contributed by atoms with Gasteiger partial charge in [0, 0.05) is 30.7 Å². The second-order valence-corrected chi connectivity index (χ2v) is 8.76. The molecule has 0 aromatic heterocycles. The third kappa shape index (κ3) is 7.15. The van der Waals surface area contributed by atoms with E-state index < -0.39 is 11.5 Å². The molecule has 2 atom stereocenters. The topological polar surface area (TPSA) is 84.7 Å². The molecule has 1 aromatic carbocycles. The Morgan fingerprint density at radius 3 is 2.71 bits per heavy atom. The van der Waals surface area contributed by atoms with Crippen molar-refractivity contribution in [2.75, 3.05) is 6.54 Å². The number of nitrogens with zero attached hydrogens (tertiary/aromatic N) is 1. The van der Waals surface area contributed by atoms with Crippen LogP contribution in [0, 0.1) is 0 Å². The Kier molecular flexibility index (Phi) is 7.87. The number of amides is 2. The van der Waals surface area contributed by atoms with Crippen molar-refractivity contribution in [3.63, 3.8) is 0 Å². The van der Waals surface area contributed by atoms with Crippen LogP contribution in [0.2, 0.25) is 0 Å².